The summed E-state index contributed by atoms with van der Waals surface area (Å²) >= 11 is 0. The number of para-hydroxylation sites is 1. The SMILES string of the molecule is COc1cccc2c1Oc1c(c(=O)n(-c3ccc(C)c(C)c3)n1CC(=O)Nc1cccc(C(C)=O)c1)C2. The van der Waals surface area contributed by atoms with Gasteiger partial charge in [0.25, 0.3) is 5.56 Å². The van der Waals surface area contributed by atoms with Gasteiger partial charge in [-0.2, -0.15) is 0 Å². The van der Waals surface area contributed by atoms with E-state index < -0.39 is 0 Å². The molecule has 0 radical (unpaired) electrons. The van der Waals surface area contributed by atoms with E-state index >= 15 is 0 Å². The number of benzene rings is 3. The van der Waals surface area contributed by atoms with Gasteiger partial charge in [-0.25, -0.2) is 9.36 Å². The zero-order valence-electron chi connectivity index (χ0n) is 21.1. The minimum atomic E-state index is -0.370. The molecule has 0 aliphatic carbocycles. The first-order chi connectivity index (χ1) is 17.8. The molecular formula is C29H27N3O5. The maximum absolute atomic E-state index is 13.7. The second-order valence-electron chi connectivity index (χ2n) is 9.14. The fraction of sp³-hybridized carbons (Fsp3) is 0.207. The standard InChI is InChI=1S/C29H27N3O5/c1-17-11-12-23(13-18(17)2)32-28(35)24-15-21-8-6-10-25(36-4)27(21)37-29(24)31(32)16-26(34)30-22-9-5-7-20(14-22)19(3)33/h5-14H,15-16H2,1-4H3,(H,30,34). The van der Waals surface area contributed by atoms with Crippen LogP contribution in [0.25, 0.3) is 5.69 Å². The molecule has 37 heavy (non-hydrogen) atoms. The number of aromatic nitrogens is 2. The lowest BCUT2D eigenvalue weighted by Gasteiger charge is -2.21. The summed E-state index contributed by atoms with van der Waals surface area (Å²) in [5.74, 6) is 0.906. The van der Waals surface area contributed by atoms with Crippen molar-refractivity contribution in [2.24, 2.45) is 0 Å². The third-order valence-electron chi connectivity index (χ3n) is 6.61. The number of fused-ring (bicyclic) bond motifs is 2. The van der Waals surface area contributed by atoms with E-state index in [2.05, 4.69) is 5.32 Å². The Morgan fingerprint density at radius 3 is 2.54 bits per heavy atom. The largest absolute Gasteiger partial charge is 0.493 e. The van der Waals surface area contributed by atoms with Gasteiger partial charge in [0, 0.05) is 23.2 Å². The minimum Gasteiger partial charge on any atom is -0.493 e. The first-order valence-electron chi connectivity index (χ1n) is 11.9. The van der Waals surface area contributed by atoms with E-state index in [0.29, 0.717) is 46.3 Å². The van der Waals surface area contributed by atoms with Gasteiger partial charge in [-0.15, -0.1) is 0 Å². The van der Waals surface area contributed by atoms with Crippen LogP contribution in [0.2, 0.25) is 0 Å². The van der Waals surface area contributed by atoms with Gasteiger partial charge in [-0.05, 0) is 62.2 Å². The summed E-state index contributed by atoms with van der Waals surface area (Å²) in [5.41, 5.74) is 4.78. The number of aryl methyl sites for hydroxylation is 2. The third kappa shape index (κ3) is 4.42. The number of anilines is 1. The Bertz CT molecular complexity index is 1610. The average Bonchev–Trinajstić information content (AvgIpc) is 3.14. The van der Waals surface area contributed by atoms with Crippen molar-refractivity contribution in [2.45, 2.75) is 33.7 Å². The number of amides is 1. The highest BCUT2D eigenvalue weighted by atomic mass is 16.5. The Kier molecular flexibility index (Phi) is 6.17. The van der Waals surface area contributed by atoms with Crippen molar-refractivity contribution < 1.29 is 19.1 Å². The summed E-state index contributed by atoms with van der Waals surface area (Å²) in [7, 11) is 1.56. The van der Waals surface area contributed by atoms with Crippen molar-refractivity contribution in [3.63, 3.8) is 0 Å². The van der Waals surface area contributed by atoms with E-state index in [1.165, 1.54) is 11.6 Å². The molecular weight excluding hydrogens is 470 g/mol. The minimum absolute atomic E-state index is 0.0971. The molecule has 0 saturated heterocycles. The fourth-order valence-electron chi connectivity index (χ4n) is 4.51. The molecule has 0 unspecified atom stereocenters. The smallest absolute Gasteiger partial charge is 0.278 e. The summed E-state index contributed by atoms with van der Waals surface area (Å²) in [6.07, 6.45) is 0.348. The number of hydrogen-bond donors (Lipinski definition) is 1. The van der Waals surface area contributed by atoms with Gasteiger partial charge in [-0.1, -0.05) is 30.3 Å². The van der Waals surface area contributed by atoms with Crippen LogP contribution in [0.4, 0.5) is 5.69 Å². The number of methoxy groups -OCH3 is 1. The van der Waals surface area contributed by atoms with E-state index in [1.807, 2.05) is 44.2 Å². The molecule has 3 aromatic carbocycles. The zero-order valence-corrected chi connectivity index (χ0v) is 21.1. The molecule has 4 aromatic rings. The van der Waals surface area contributed by atoms with Crippen molar-refractivity contribution in [1.82, 2.24) is 9.36 Å². The Balaban J connectivity index is 1.59. The van der Waals surface area contributed by atoms with Crippen molar-refractivity contribution in [1.29, 1.82) is 0 Å². The van der Waals surface area contributed by atoms with Gasteiger partial charge in [0.05, 0.1) is 18.4 Å². The van der Waals surface area contributed by atoms with Crippen molar-refractivity contribution in [2.75, 3.05) is 12.4 Å². The predicted octanol–water partition coefficient (Wildman–Crippen LogP) is 4.80. The molecule has 1 aromatic heterocycles. The van der Waals surface area contributed by atoms with Crippen molar-refractivity contribution in [3.05, 3.63) is 98.8 Å². The molecule has 8 nitrogen and oxygen atoms in total. The lowest BCUT2D eigenvalue weighted by Crippen LogP contribution is -2.27. The molecule has 1 N–H and O–H groups in total. The van der Waals surface area contributed by atoms with Gasteiger partial charge < -0.3 is 14.8 Å². The number of nitrogens with one attached hydrogen (secondary N) is 1. The molecule has 188 valence electrons. The second kappa shape index (κ2) is 9.46. The maximum Gasteiger partial charge on any atom is 0.278 e. The molecule has 1 amide bonds. The van der Waals surface area contributed by atoms with E-state index in [9.17, 15) is 14.4 Å². The zero-order chi connectivity index (χ0) is 26.3. The van der Waals surface area contributed by atoms with Gasteiger partial charge in [0.2, 0.25) is 11.8 Å². The van der Waals surface area contributed by atoms with E-state index in [1.54, 1.807) is 42.1 Å². The molecule has 1 aliphatic rings. The highest BCUT2D eigenvalue weighted by molar-refractivity contribution is 5.97. The quantitative estimate of drug-likeness (QED) is 0.340. The van der Waals surface area contributed by atoms with Gasteiger partial charge in [0.15, 0.2) is 17.3 Å². The fourth-order valence-corrected chi connectivity index (χ4v) is 4.51. The molecule has 5 rings (SSSR count). The number of ketones is 1. The number of hydrogen-bond acceptors (Lipinski definition) is 5. The summed E-state index contributed by atoms with van der Waals surface area (Å²) in [5, 5.41) is 2.84. The van der Waals surface area contributed by atoms with E-state index in [-0.39, 0.29) is 23.8 Å². The maximum atomic E-state index is 13.7. The molecule has 0 bridgehead atoms. The average molecular weight is 498 g/mol. The van der Waals surface area contributed by atoms with Crippen LogP contribution in [0.1, 0.15) is 39.5 Å². The molecule has 8 heteroatoms. The van der Waals surface area contributed by atoms with Crippen LogP contribution in [0.15, 0.2) is 65.5 Å². The van der Waals surface area contributed by atoms with E-state index in [0.717, 1.165) is 16.7 Å². The highest BCUT2D eigenvalue weighted by Crippen LogP contribution is 2.41. The first kappa shape index (κ1) is 24.1. The summed E-state index contributed by atoms with van der Waals surface area (Å²) < 4.78 is 14.8. The summed E-state index contributed by atoms with van der Waals surface area (Å²) in [6.45, 7) is 5.26. The molecule has 0 saturated carbocycles. The summed E-state index contributed by atoms with van der Waals surface area (Å²) in [6, 6.07) is 18.0. The molecule has 0 fully saturated rings. The highest BCUT2D eigenvalue weighted by Gasteiger charge is 2.31. The number of Topliss-reactive ketones (excluding diaryl/α,β-unsaturated/α-hetero) is 1. The molecule has 2 heterocycles. The Morgan fingerprint density at radius 1 is 1.03 bits per heavy atom. The van der Waals surface area contributed by atoms with Crippen molar-refractivity contribution in [3.8, 4) is 23.1 Å². The lowest BCUT2D eigenvalue weighted by atomic mass is 10.0. The van der Waals surface area contributed by atoms with Crippen LogP contribution in [0, 0.1) is 13.8 Å². The predicted molar refractivity (Wildman–Crippen MR) is 140 cm³/mol. The molecule has 0 spiro atoms. The number of carbonyl (C=O) groups is 2. The van der Waals surface area contributed by atoms with Gasteiger partial charge >= 0.3 is 0 Å². The third-order valence-corrected chi connectivity index (χ3v) is 6.61. The van der Waals surface area contributed by atoms with Gasteiger partial charge in [-0.3, -0.25) is 14.4 Å². The Labute approximate surface area is 214 Å². The number of carbonyl (C=O) groups excluding carboxylic acids is 2. The van der Waals surface area contributed by atoms with E-state index in [4.69, 9.17) is 9.47 Å². The second-order valence-corrected chi connectivity index (χ2v) is 9.14. The van der Waals surface area contributed by atoms with Crippen LogP contribution < -0.4 is 20.3 Å². The summed E-state index contributed by atoms with van der Waals surface area (Å²) in [4.78, 5) is 38.7. The molecule has 0 atom stereocenters. The van der Waals surface area contributed by atoms with Gasteiger partial charge in [0.1, 0.15) is 6.54 Å². The van der Waals surface area contributed by atoms with Crippen LogP contribution in [0.3, 0.4) is 0 Å². The Morgan fingerprint density at radius 2 is 1.81 bits per heavy atom. The number of nitrogens with zero attached hydrogens (tertiary/aromatic N) is 2. The number of ether oxygens (including phenoxy) is 2. The lowest BCUT2D eigenvalue weighted by molar-refractivity contribution is -0.117. The first-order valence-corrected chi connectivity index (χ1v) is 11.9. The van der Waals surface area contributed by atoms with Crippen molar-refractivity contribution >= 4 is 17.4 Å². The Hall–Kier alpha value is -4.59. The van der Waals surface area contributed by atoms with Crippen LogP contribution in [-0.4, -0.2) is 28.2 Å². The molecule has 1 aliphatic heterocycles. The van der Waals surface area contributed by atoms with Crippen LogP contribution in [0.5, 0.6) is 17.4 Å². The van der Waals surface area contributed by atoms with Crippen LogP contribution >= 0.6 is 0 Å². The normalized spacial score (nSPS) is 11.8. The monoisotopic (exact) mass is 497 g/mol. The van der Waals surface area contributed by atoms with Crippen LogP contribution in [-0.2, 0) is 17.8 Å². The topological polar surface area (TPSA) is 91.6 Å². The number of rotatable bonds is 6.